The summed E-state index contributed by atoms with van der Waals surface area (Å²) in [6.07, 6.45) is 14.8. The Kier molecular flexibility index (Phi) is 10.3. The normalized spacial score (nSPS) is 18.0. The third-order valence-corrected chi connectivity index (χ3v) is 9.97. The quantitative estimate of drug-likeness (QED) is 0.279. The first-order valence-electron chi connectivity index (χ1n) is 16.7. The van der Waals surface area contributed by atoms with Gasteiger partial charge in [-0.05, 0) is 103 Å². The highest BCUT2D eigenvalue weighted by Gasteiger charge is 2.22. The summed E-state index contributed by atoms with van der Waals surface area (Å²) in [5.74, 6) is 0.124. The molecule has 2 aliphatic carbocycles. The van der Waals surface area contributed by atoms with E-state index in [0.29, 0.717) is 48.8 Å². The molecule has 2 saturated carbocycles. The van der Waals surface area contributed by atoms with Gasteiger partial charge in [-0.2, -0.15) is 0 Å². The summed E-state index contributed by atoms with van der Waals surface area (Å²) in [4.78, 5) is 35.3. The highest BCUT2D eigenvalue weighted by Crippen LogP contribution is 2.34. The molecule has 46 heavy (non-hydrogen) atoms. The second kappa shape index (κ2) is 14.5. The van der Waals surface area contributed by atoms with E-state index in [-0.39, 0.29) is 17.4 Å². The number of rotatable bonds is 7. The van der Waals surface area contributed by atoms with Crippen LogP contribution in [-0.4, -0.2) is 28.6 Å². The van der Waals surface area contributed by atoms with Crippen molar-refractivity contribution in [2.24, 2.45) is 7.05 Å². The smallest absolute Gasteiger partial charge is 0.253 e. The summed E-state index contributed by atoms with van der Waals surface area (Å²) in [5, 5.41) is 6.53. The van der Waals surface area contributed by atoms with Gasteiger partial charge in [-0.15, -0.1) is 0 Å². The fraction of sp³-hybridized carbons (Fsp3) is 0.486. The first-order valence-corrected chi connectivity index (χ1v) is 17.1. The summed E-state index contributed by atoms with van der Waals surface area (Å²) < 4.78 is 13.7. The van der Waals surface area contributed by atoms with Gasteiger partial charge in [0.05, 0.1) is 25.4 Å². The van der Waals surface area contributed by atoms with E-state index in [0.717, 1.165) is 70.4 Å². The summed E-state index contributed by atoms with van der Waals surface area (Å²) in [6.45, 7) is 2.97. The highest BCUT2D eigenvalue weighted by molar-refractivity contribution is 6.31. The molecule has 8 nitrogen and oxygen atoms in total. The van der Waals surface area contributed by atoms with Crippen molar-refractivity contribution < 1.29 is 19.1 Å². The van der Waals surface area contributed by atoms with E-state index >= 15 is 0 Å². The number of anilines is 2. The van der Waals surface area contributed by atoms with Crippen LogP contribution >= 0.6 is 11.6 Å². The molecule has 9 heteroatoms. The van der Waals surface area contributed by atoms with Gasteiger partial charge in [-0.1, -0.05) is 43.4 Å². The average molecular weight is 646 g/mol. The molecule has 244 valence electrons. The van der Waals surface area contributed by atoms with Crippen LogP contribution < -0.4 is 16.2 Å². The summed E-state index contributed by atoms with van der Waals surface area (Å²) in [5.41, 5.74) is 8.91. The van der Waals surface area contributed by atoms with Crippen LogP contribution in [0.2, 0.25) is 5.02 Å². The Morgan fingerprint density at radius 1 is 0.739 bits per heavy atom. The molecule has 2 amide bonds. The lowest BCUT2D eigenvalue weighted by atomic mass is 9.93. The minimum Gasteiger partial charge on any atom is -0.374 e. The Morgan fingerprint density at radius 2 is 1.26 bits per heavy atom. The van der Waals surface area contributed by atoms with Crippen LogP contribution in [0.1, 0.15) is 92.0 Å². The number of ether oxygens (including phenoxy) is 2. The van der Waals surface area contributed by atoms with E-state index < -0.39 is 0 Å². The number of benzene rings is 2. The van der Waals surface area contributed by atoms with Crippen molar-refractivity contribution in [3.05, 3.63) is 79.7 Å². The SMILES string of the molecule is Cc1cc(-c2cc3c(cc2COC2CCCC2)CCC(=O)N3)cn(C)c1=O.O=C1CCc2cc(COC3CCCC3)c(Cl)cc2N1. The van der Waals surface area contributed by atoms with E-state index in [9.17, 15) is 14.4 Å². The van der Waals surface area contributed by atoms with Gasteiger partial charge < -0.3 is 24.7 Å². The Balaban J connectivity index is 0.000000172. The van der Waals surface area contributed by atoms with Crippen LogP contribution in [0.5, 0.6) is 0 Å². The van der Waals surface area contributed by atoms with Crippen molar-refractivity contribution in [2.45, 2.75) is 109 Å². The maximum atomic E-state index is 12.1. The van der Waals surface area contributed by atoms with Crippen molar-refractivity contribution in [3.63, 3.8) is 0 Å². The Hall–Kier alpha value is -3.46. The molecule has 2 aromatic carbocycles. The molecule has 0 unspecified atom stereocenters. The number of halogens is 1. The van der Waals surface area contributed by atoms with E-state index in [4.69, 9.17) is 21.1 Å². The zero-order valence-corrected chi connectivity index (χ0v) is 27.6. The number of nitrogens with one attached hydrogen (secondary N) is 2. The third kappa shape index (κ3) is 7.73. The minimum absolute atomic E-state index is 0.00812. The molecule has 0 atom stereocenters. The lowest BCUT2D eigenvalue weighted by Gasteiger charge is -2.22. The molecule has 0 radical (unpaired) electrons. The summed E-state index contributed by atoms with van der Waals surface area (Å²) >= 11 is 6.26. The second-order valence-corrected chi connectivity index (χ2v) is 13.5. The van der Waals surface area contributed by atoms with Crippen molar-refractivity contribution >= 4 is 34.8 Å². The van der Waals surface area contributed by atoms with Gasteiger partial charge in [0.25, 0.3) is 5.56 Å². The molecule has 1 aromatic heterocycles. The zero-order valence-electron chi connectivity index (χ0n) is 26.9. The molecule has 3 aromatic rings. The number of amides is 2. The van der Waals surface area contributed by atoms with Crippen LogP contribution in [-0.2, 0) is 52.2 Å². The molecule has 0 saturated heterocycles. The van der Waals surface area contributed by atoms with Gasteiger partial charge >= 0.3 is 0 Å². The lowest BCUT2D eigenvalue weighted by Crippen LogP contribution is -2.20. The fourth-order valence-electron chi connectivity index (χ4n) is 6.98. The molecular formula is C37H44ClN3O5. The van der Waals surface area contributed by atoms with Crippen molar-refractivity contribution in [1.82, 2.24) is 4.57 Å². The molecule has 0 bridgehead atoms. The lowest BCUT2D eigenvalue weighted by molar-refractivity contribution is -0.117. The predicted octanol–water partition coefficient (Wildman–Crippen LogP) is 7.39. The number of pyridine rings is 1. The number of hydrogen-bond donors (Lipinski definition) is 2. The minimum atomic E-state index is 0.00812. The maximum Gasteiger partial charge on any atom is 0.253 e. The maximum absolute atomic E-state index is 12.1. The van der Waals surface area contributed by atoms with E-state index in [1.807, 2.05) is 31.3 Å². The molecule has 2 fully saturated rings. The Bertz CT molecular complexity index is 1640. The van der Waals surface area contributed by atoms with Gasteiger partial charge in [0.15, 0.2) is 0 Å². The predicted molar refractivity (Wildman–Crippen MR) is 181 cm³/mol. The third-order valence-electron chi connectivity index (χ3n) is 9.62. The average Bonchev–Trinajstić information content (AvgIpc) is 3.76. The number of hydrogen-bond acceptors (Lipinski definition) is 5. The van der Waals surface area contributed by atoms with Gasteiger partial charge in [0.1, 0.15) is 0 Å². The summed E-state index contributed by atoms with van der Waals surface area (Å²) in [7, 11) is 1.77. The van der Waals surface area contributed by atoms with Crippen LogP contribution in [0, 0.1) is 6.92 Å². The standard InChI is InChI=1S/C22H26N2O3.C15H18ClNO2/c1-14-9-16(12-24(2)22(14)26)19-11-20-15(7-8-21(25)23-20)10-17(19)13-27-18-5-3-4-6-18;16-13-8-14-10(5-6-15(18)17-14)7-11(13)9-19-12-3-1-2-4-12/h9-12,18H,3-8,13H2,1-2H3,(H,23,25);7-8,12H,1-6,9H2,(H,17,18). The molecule has 2 N–H and O–H groups in total. The number of aromatic nitrogens is 1. The van der Waals surface area contributed by atoms with Crippen molar-refractivity contribution in [1.29, 1.82) is 0 Å². The number of aryl methyl sites for hydroxylation is 4. The van der Waals surface area contributed by atoms with E-state index in [2.05, 4.69) is 22.8 Å². The van der Waals surface area contributed by atoms with Crippen LogP contribution in [0.4, 0.5) is 11.4 Å². The fourth-order valence-corrected chi connectivity index (χ4v) is 7.20. The Morgan fingerprint density at radius 3 is 1.83 bits per heavy atom. The topological polar surface area (TPSA) is 98.7 Å². The molecule has 7 rings (SSSR count). The number of fused-ring (bicyclic) bond motifs is 2. The van der Waals surface area contributed by atoms with Gasteiger partial charge in [0, 0.05) is 48.0 Å². The highest BCUT2D eigenvalue weighted by atomic mass is 35.5. The van der Waals surface area contributed by atoms with Gasteiger partial charge in [-0.3, -0.25) is 14.4 Å². The molecule has 0 spiro atoms. The number of carbonyl (C=O) groups excluding carboxylic acids is 2. The van der Waals surface area contributed by atoms with Gasteiger partial charge in [0.2, 0.25) is 11.8 Å². The van der Waals surface area contributed by atoms with Crippen LogP contribution in [0.25, 0.3) is 11.1 Å². The zero-order chi connectivity index (χ0) is 32.2. The van der Waals surface area contributed by atoms with Crippen LogP contribution in [0.3, 0.4) is 0 Å². The monoisotopic (exact) mass is 645 g/mol. The number of nitrogens with zero attached hydrogens (tertiary/aromatic N) is 1. The summed E-state index contributed by atoms with van der Waals surface area (Å²) in [6, 6.07) is 10.1. The van der Waals surface area contributed by atoms with E-state index in [1.165, 1.54) is 38.5 Å². The molecule has 2 aliphatic heterocycles. The molecular weight excluding hydrogens is 602 g/mol. The van der Waals surface area contributed by atoms with Crippen molar-refractivity contribution in [2.75, 3.05) is 10.6 Å². The first kappa shape index (κ1) is 32.5. The second-order valence-electron chi connectivity index (χ2n) is 13.1. The van der Waals surface area contributed by atoms with Gasteiger partial charge in [-0.25, -0.2) is 0 Å². The van der Waals surface area contributed by atoms with E-state index in [1.54, 1.807) is 11.6 Å². The molecule has 4 aliphatic rings. The molecule has 3 heterocycles. The number of carbonyl (C=O) groups is 2. The van der Waals surface area contributed by atoms with Crippen molar-refractivity contribution in [3.8, 4) is 11.1 Å². The Labute approximate surface area is 275 Å². The largest absolute Gasteiger partial charge is 0.374 e. The first-order chi connectivity index (χ1) is 22.2. The van der Waals surface area contributed by atoms with Crippen LogP contribution in [0.15, 0.2) is 41.3 Å².